The Bertz CT molecular complexity index is 128. The first-order valence-electron chi connectivity index (χ1n) is 2.82. The van der Waals surface area contributed by atoms with Crippen LogP contribution in [0.25, 0.3) is 0 Å². The molecule has 1 unspecified atom stereocenters. The van der Waals surface area contributed by atoms with Gasteiger partial charge < -0.3 is 25.2 Å². The maximum Gasteiger partial charge on any atom is 0.151 e. The molecule has 0 fully saturated rings. The highest BCUT2D eigenvalue weighted by Crippen LogP contribution is 2.08. The van der Waals surface area contributed by atoms with E-state index in [4.69, 9.17) is 20.4 Å². The van der Waals surface area contributed by atoms with Gasteiger partial charge in [0.2, 0.25) is 0 Å². The minimum absolute atomic E-state index is 0.0902. The molecule has 0 spiro atoms. The van der Waals surface area contributed by atoms with Gasteiger partial charge in [0.25, 0.3) is 0 Å². The van der Waals surface area contributed by atoms with Crippen LogP contribution in [0.4, 0.5) is 0 Å². The van der Waals surface area contributed by atoms with Crippen molar-refractivity contribution in [2.24, 2.45) is 0 Å². The van der Waals surface area contributed by atoms with Crippen molar-refractivity contribution in [3.05, 3.63) is 0 Å². The van der Waals surface area contributed by atoms with Gasteiger partial charge in [0.1, 0.15) is 22.4 Å². The second kappa shape index (κ2) is 4.99. The smallest absolute Gasteiger partial charge is 0.151 e. The van der Waals surface area contributed by atoms with Gasteiger partial charge >= 0.3 is 0 Å². The summed E-state index contributed by atoms with van der Waals surface area (Å²) in [5.74, 6) is 0. The molecule has 0 bridgehead atoms. The highest BCUT2D eigenvalue weighted by Gasteiger charge is 2.28. The molecule has 0 aliphatic carbocycles. The SMILES string of the molecule is O=C[C@H](O)[C@H](O)[C@H](O)C(O)I. The van der Waals surface area contributed by atoms with Crippen LogP contribution >= 0.6 is 22.6 Å². The molecule has 0 heterocycles. The van der Waals surface area contributed by atoms with Crippen molar-refractivity contribution in [2.45, 2.75) is 22.4 Å². The van der Waals surface area contributed by atoms with Crippen molar-refractivity contribution in [1.82, 2.24) is 0 Å². The molecule has 0 radical (unpaired) electrons. The molecular formula is C5H9IO5. The maximum atomic E-state index is 9.87. The zero-order valence-corrected chi connectivity index (χ0v) is 7.62. The Labute approximate surface area is 76.8 Å². The molecule has 4 atom stereocenters. The van der Waals surface area contributed by atoms with E-state index in [2.05, 4.69) is 0 Å². The Hall–Kier alpha value is 0.240. The highest BCUT2D eigenvalue weighted by molar-refractivity contribution is 14.1. The second-order valence-electron chi connectivity index (χ2n) is 1.98. The van der Waals surface area contributed by atoms with Gasteiger partial charge in [-0.05, 0) is 22.6 Å². The molecule has 66 valence electrons. The van der Waals surface area contributed by atoms with Gasteiger partial charge in [-0.15, -0.1) is 0 Å². The van der Waals surface area contributed by atoms with Crippen LogP contribution in [0.15, 0.2) is 0 Å². The molecule has 0 aromatic heterocycles. The molecule has 0 aromatic carbocycles. The number of rotatable bonds is 4. The maximum absolute atomic E-state index is 9.87. The molecule has 6 heteroatoms. The van der Waals surface area contributed by atoms with Crippen molar-refractivity contribution in [2.75, 3.05) is 0 Å². The Morgan fingerprint density at radius 3 is 1.82 bits per heavy atom. The average molecular weight is 276 g/mol. The number of alkyl halides is 1. The molecule has 0 saturated carbocycles. The van der Waals surface area contributed by atoms with E-state index in [1.807, 2.05) is 0 Å². The van der Waals surface area contributed by atoms with Crippen LogP contribution < -0.4 is 0 Å². The average Bonchev–Trinajstić information content (AvgIpc) is 2.00. The van der Waals surface area contributed by atoms with Crippen molar-refractivity contribution < 1.29 is 25.2 Å². The summed E-state index contributed by atoms with van der Waals surface area (Å²) in [6.07, 6.45) is -4.72. The Morgan fingerprint density at radius 2 is 1.55 bits per heavy atom. The first-order chi connectivity index (χ1) is 5.00. The minimum atomic E-state index is -1.66. The standard InChI is InChI=1S/C5H9IO5/c6-5(11)4(10)3(9)2(8)1-7/h1-5,8-11H/t2-,3-,4-,5?/m0/s1. The number of carbonyl (C=O) groups excluding carboxylic acids is 1. The van der Waals surface area contributed by atoms with E-state index in [-0.39, 0.29) is 6.29 Å². The number of carbonyl (C=O) groups is 1. The van der Waals surface area contributed by atoms with E-state index < -0.39 is 22.4 Å². The molecule has 0 rings (SSSR count). The molecule has 0 aromatic rings. The zero-order chi connectivity index (χ0) is 9.02. The highest BCUT2D eigenvalue weighted by atomic mass is 127. The lowest BCUT2D eigenvalue weighted by molar-refractivity contribution is -0.128. The van der Waals surface area contributed by atoms with Crippen LogP contribution in [0.3, 0.4) is 0 Å². The summed E-state index contributed by atoms with van der Waals surface area (Å²) in [5.41, 5.74) is 0. The number of aldehydes is 1. The molecule has 0 amide bonds. The monoisotopic (exact) mass is 276 g/mol. The molecule has 5 nitrogen and oxygen atoms in total. The van der Waals surface area contributed by atoms with Gasteiger partial charge in [-0.1, -0.05) is 0 Å². The third kappa shape index (κ3) is 3.43. The fourth-order valence-electron chi connectivity index (χ4n) is 0.445. The largest absolute Gasteiger partial charge is 0.387 e. The summed E-state index contributed by atoms with van der Waals surface area (Å²) >= 11 is 1.45. The Morgan fingerprint density at radius 1 is 1.09 bits per heavy atom. The van der Waals surface area contributed by atoms with Crippen molar-refractivity contribution in [3.8, 4) is 0 Å². The summed E-state index contributed by atoms with van der Waals surface area (Å²) in [5, 5.41) is 35.1. The van der Waals surface area contributed by atoms with Crippen LogP contribution in [0.5, 0.6) is 0 Å². The quantitative estimate of drug-likeness (QED) is 0.271. The summed E-state index contributed by atoms with van der Waals surface area (Å²) < 4.78 is -1.21. The lowest BCUT2D eigenvalue weighted by atomic mass is 10.1. The van der Waals surface area contributed by atoms with Gasteiger partial charge in [0.05, 0.1) is 0 Å². The number of hydrogen-bond donors (Lipinski definition) is 4. The molecule has 0 aliphatic heterocycles. The van der Waals surface area contributed by atoms with Gasteiger partial charge in [0.15, 0.2) is 6.29 Å². The number of aliphatic hydroxyl groups excluding tert-OH is 4. The van der Waals surface area contributed by atoms with E-state index in [1.165, 1.54) is 22.6 Å². The summed E-state index contributed by atoms with van der Waals surface area (Å²) in [6, 6.07) is 0. The van der Waals surface area contributed by atoms with E-state index in [1.54, 1.807) is 0 Å². The van der Waals surface area contributed by atoms with Gasteiger partial charge in [-0.25, -0.2) is 0 Å². The predicted molar refractivity (Wildman–Crippen MR) is 44.1 cm³/mol. The van der Waals surface area contributed by atoms with Crippen molar-refractivity contribution in [3.63, 3.8) is 0 Å². The predicted octanol–water partition coefficient (Wildman–Crippen LogP) is -1.98. The molecule has 0 saturated heterocycles. The first kappa shape index (κ1) is 11.2. The lowest BCUT2D eigenvalue weighted by Crippen LogP contribution is -2.42. The van der Waals surface area contributed by atoms with Crippen LogP contribution in [-0.2, 0) is 4.79 Å². The Kier molecular flexibility index (Phi) is 5.10. The van der Waals surface area contributed by atoms with Crippen molar-refractivity contribution >= 4 is 28.9 Å². The summed E-state index contributed by atoms with van der Waals surface area (Å²) in [7, 11) is 0. The Balaban J connectivity index is 4.00. The van der Waals surface area contributed by atoms with Gasteiger partial charge in [-0.2, -0.15) is 0 Å². The molecule has 11 heavy (non-hydrogen) atoms. The van der Waals surface area contributed by atoms with Crippen LogP contribution in [0.1, 0.15) is 0 Å². The molecule has 0 aliphatic rings. The minimum Gasteiger partial charge on any atom is -0.387 e. The van der Waals surface area contributed by atoms with Crippen LogP contribution in [0, 0.1) is 0 Å². The molecular weight excluding hydrogens is 267 g/mol. The number of aliphatic hydroxyl groups is 4. The molecule has 4 N–H and O–H groups in total. The van der Waals surface area contributed by atoms with Crippen molar-refractivity contribution in [1.29, 1.82) is 0 Å². The third-order valence-electron chi connectivity index (χ3n) is 1.12. The number of hydrogen-bond acceptors (Lipinski definition) is 5. The fraction of sp³-hybridized carbons (Fsp3) is 0.800. The second-order valence-corrected chi connectivity index (χ2v) is 3.26. The van der Waals surface area contributed by atoms with Gasteiger partial charge in [-0.3, -0.25) is 0 Å². The zero-order valence-electron chi connectivity index (χ0n) is 5.46. The number of halogens is 1. The lowest BCUT2D eigenvalue weighted by Gasteiger charge is -2.20. The van der Waals surface area contributed by atoms with E-state index in [9.17, 15) is 4.79 Å². The topological polar surface area (TPSA) is 98.0 Å². The van der Waals surface area contributed by atoms with Gasteiger partial charge in [0, 0.05) is 0 Å². The summed E-state index contributed by atoms with van der Waals surface area (Å²) in [6.45, 7) is 0. The van der Waals surface area contributed by atoms with Crippen LogP contribution in [-0.4, -0.2) is 49.1 Å². The van der Waals surface area contributed by atoms with E-state index in [0.717, 1.165) is 0 Å². The fourth-order valence-corrected chi connectivity index (χ4v) is 0.871. The first-order valence-corrected chi connectivity index (χ1v) is 4.07. The third-order valence-corrected chi connectivity index (χ3v) is 1.86. The normalized spacial score (nSPS) is 21.9. The van der Waals surface area contributed by atoms with E-state index >= 15 is 0 Å². The van der Waals surface area contributed by atoms with Crippen LogP contribution in [0.2, 0.25) is 0 Å². The van der Waals surface area contributed by atoms with E-state index in [0.29, 0.717) is 0 Å². The summed E-state index contributed by atoms with van der Waals surface area (Å²) in [4.78, 5) is 9.87.